The highest BCUT2D eigenvalue weighted by molar-refractivity contribution is 7.90. The minimum Gasteiger partial charge on any atom is -0.354 e. The molecule has 0 fully saturated rings. The number of sulfonamides is 1. The lowest BCUT2D eigenvalue weighted by Crippen LogP contribution is -2.46. The summed E-state index contributed by atoms with van der Waals surface area (Å²) in [6.07, 6.45) is 3.73. The van der Waals surface area contributed by atoms with Crippen molar-refractivity contribution in [3.63, 3.8) is 0 Å². The number of imidazole rings is 1. The maximum Gasteiger partial charge on any atom is 0.329 e. The molecule has 0 aliphatic rings. The van der Waals surface area contributed by atoms with Gasteiger partial charge in [0, 0.05) is 24.9 Å². The predicted octanol–water partition coefficient (Wildman–Crippen LogP) is 1.81. The van der Waals surface area contributed by atoms with Crippen LogP contribution in [-0.4, -0.2) is 36.9 Å². The smallest absolute Gasteiger partial charge is 0.329 e. The third-order valence-corrected chi connectivity index (χ3v) is 5.82. The van der Waals surface area contributed by atoms with Crippen LogP contribution in [0.25, 0.3) is 0 Å². The fraction of sp³-hybridized carbons (Fsp3) is 0.190. The Hall–Kier alpha value is -3.66. The molecule has 10 heteroatoms. The van der Waals surface area contributed by atoms with Gasteiger partial charge in [-0.15, -0.1) is 0 Å². The molecular formula is C21H23N5O4S. The number of nitrogens with one attached hydrogen (secondary N) is 4. The van der Waals surface area contributed by atoms with Crippen LogP contribution in [0.4, 0.5) is 4.79 Å². The highest BCUT2D eigenvalue weighted by Gasteiger charge is 2.25. The molecule has 0 unspecified atom stereocenters. The van der Waals surface area contributed by atoms with Gasteiger partial charge in [-0.05, 0) is 24.6 Å². The Morgan fingerprint density at radius 3 is 2.42 bits per heavy atom. The summed E-state index contributed by atoms with van der Waals surface area (Å²) in [7, 11) is -4.08. The lowest BCUT2D eigenvalue weighted by molar-refractivity contribution is -0.123. The molecule has 1 heterocycles. The van der Waals surface area contributed by atoms with E-state index in [9.17, 15) is 18.0 Å². The Balaban J connectivity index is 1.68. The van der Waals surface area contributed by atoms with E-state index in [2.05, 4.69) is 20.6 Å². The quantitative estimate of drug-likeness (QED) is 0.423. The monoisotopic (exact) mass is 441 g/mol. The zero-order valence-corrected chi connectivity index (χ0v) is 17.6. The van der Waals surface area contributed by atoms with E-state index < -0.39 is 28.0 Å². The average Bonchev–Trinajstić information content (AvgIpc) is 3.26. The molecule has 0 aliphatic carbocycles. The van der Waals surface area contributed by atoms with E-state index in [0.29, 0.717) is 18.5 Å². The maximum atomic E-state index is 12.8. The van der Waals surface area contributed by atoms with Gasteiger partial charge in [0.15, 0.2) is 0 Å². The van der Waals surface area contributed by atoms with Crippen LogP contribution in [0, 0.1) is 6.92 Å². The molecule has 31 heavy (non-hydrogen) atoms. The summed E-state index contributed by atoms with van der Waals surface area (Å²) >= 11 is 0. The Morgan fingerprint density at radius 1 is 1.06 bits per heavy atom. The van der Waals surface area contributed by atoms with Gasteiger partial charge in [-0.25, -0.2) is 22.9 Å². The minimum absolute atomic E-state index is 0.0477. The van der Waals surface area contributed by atoms with Gasteiger partial charge in [-0.1, -0.05) is 48.0 Å². The van der Waals surface area contributed by atoms with Crippen molar-refractivity contribution in [1.29, 1.82) is 0 Å². The number of nitrogens with zero attached hydrogens (tertiary/aromatic N) is 1. The molecule has 0 saturated heterocycles. The number of carbonyl (C=O) groups is 2. The van der Waals surface area contributed by atoms with Crippen LogP contribution in [0.15, 0.2) is 72.0 Å². The van der Waals surface area contributed by atoms with E-state index in [1.165, 1.54) is 12.1 Å². The molecule has 0 radical (unpaired) electrons. The van der Waals surface area contributed by atoms with E-state index in [1.54, 1.807) is 55.0 Å². The van der Waals surface area contributed by atoms with Crippen molar-refractivity contribution < 1.29 is 18.0 Å². The number of benzene rings is 2. The maximum absolute atomic E-state index is 12.8. The Morgan fingerprint density at radius 2 is 1.77 bits per heavy atom. The van der Waals surface area contributed by atoms with Gasteiger partial charge >= 0.3 is 6.03 Å². The molecule has 0 saturated carbocycles. The average molecular weight is 442 g/mol. The normalized spacial score (nSPS) is 12.0. The lowest BCUT2D eigenvalue weighted by atomic mass is 10.1. The zero-order chi connectivity index (χ0) is 22.3. The summed E-state index contributed by atoms with van der Waals surface area (Å²) < 4.78 is 26.9. The molecule has 0 aliphatic heterocycles. The molecule has 3 amide bonds. The molecule has 1 atom stereocenters. The van der Waals surface area contributed by atoms with Gasteiger partial charge in [0.2, 0.25) is 5.91 Å². The van der Waals surface area contributed by atoms with E-state index in [1.807, 2.05) is 11.6 Å². The van der Waals surface area contributed by atoms with Crippen molar-refractivity contribution >= 4 is 22.0 Å². The third-order valence-electron chi connectivity index (χ3n) is 4.48. The first-order valence-corrected chi connectivity index (χ1v) is 11.0. The summed E-state index contributed by atoms with van der Waals surface area (Å²) in [5.74, 6) is -0.464. The van der Waals surface area contributed by atoms with Gasteiger partial charge in [-0.3, -0.25) is 4.79 Å². The van der Waals surface area contributed by atoms with E-state index >= 15 is 0 Å². The van der Waals surface area contributed by atoms with Gasteiger partial charge in [0.05, 0.1) is 11.2 Å². The van der Waals surface area contributed by atoms with Crippen molar-refractivity contribution in [3.05, 3.63) is 83.9 Å². The predicted molar refractivity (Wildman–Crippen MR) is 115 cm³/mol. The first-order chi connectivity index (χ1) is 14.8. The first-order valence-electron chi connectivity index (χ1n) is 9.55. The summed E-state index contributed by atoms with van der Waals surface area (Å²) in [4.78, 5) is 32.0. The molecular weight excluding hydrogens is 418 g/mol. The molecule has 0 bridgehead atoms. The molecule has 162 valence electrons. The third kappa shape index (κ3) is 6.16. The Kier molecular flexibility index (Phi) is 7.03. The number of rotatable bonds is 8. The van der Waals surface area contributed by atoms with E-state index in [0.717, 1.165) is 11.3 Å². The van der Waals surface area contributed by atoms with E-state index in [-0.39, 0.29) is 4.90 Å². The van der Waals surface area contributed by atoms with Crippen molar-refractivity contribution in [2.24, 2.45) is 0 Å². The molecule has 1 aromatic heterocycles. The first kappa shape index (κ1) is 22.0. The summed E-state index contributed by atoms with van der Waals surface area (Å²) in [5, 5.41) is 5.20. The summed E-state index contributed by atoms with van der Waals surface area (Å²) in [6.45, 7) is 2.14. The summed E-state index contributed by atoms with van der Waals surface area (Å²) in [6, 6.07) is 12.6. The van der Waals surface area contributed by atoms with Crippen LogP contribution in [0.2, 0.25) is 0 Å². The fourth-order valence-electron chi connectivity index (χ4n) is 2.85. The number of aromatic nitrogens is 2. The largest absolute Gasteiger partial charge is 0.354 e. The van der Waals surface area contributed by atoms with Crippen molar-refractivity contribution in [1.82, 2.24) is 25.3 Å². The number of hydrogen-bond donors (Lipinski definition) is 4. The molecule has 2 aromatic carbocycles. The number of amides is 3. The van der Waals surface area contributed by atoms with Crippen LogP contribution in [0.1, 0.15) is 22.9 Å². The number of urea groups is 1. The van der Waals surface area contributed by atoms with Crippen molar-refractivity contribution in [2.75, 3.05) is 6.54 Å². The number of carbonyl (C=O) groups excluding carboxylic acids is 2. The van der Waals surface area contributed by atoms with E-state index in [4.69, 9.17) is 0 Å². The number of hydrogen-bond acceptors (Lipinski definition) is 5. The van der Waals surface area contributed by atoms with Crippen LogP contribution >= 0.6 is 0 Å². The van der Waals surface area contributed by atoms with Gasteiger partial charge in [-0.2, -0.15) is 0 Å². The SMILES string of the molecule is Cc1ccc(S(=O)(=O)NC(=O)N[C@H](C(=O)NCCc2cnc[nH]2)c2ccccc2)cc1. The lowest BCUT2D eigenvalue weighted by Gasteiger charge is -2.19. The Bertz CT molecular complexity index is 1110. The van der Waals surface area contributed by atoms with Crippen LogP contribution in [0.5, 0.6) is 0 Å². The molecule has 3 aromatic rings. The molecule has 9 nitrogen and oxygen atoms in total. The second-order valence-electron chi connectivity index (χ2n) is 6.85. The van der Waals surface area contributed by atoms with Crippen LogP contribution < -0.4 is 15.4 Å². The molecule has 4 N–H and O–H groups in total. The van der Waals surface area contributed by atoms with Gasteiger partial charge < -0.3 is 15.6 Å². The summed E-state index contributed by atoms with van der Waals surface area (Å²) in [5.41, 5.74) is 2.26. The standard InChI is InChI=1S/C21H23N5O4S/c1-15-7-9-18(10-8-15)31(29,30)26-21(28)25-19(16-5-3-2-4-6-16)20(27)23-12-11-17-13-22-14-24-17/h2-10,13-14,19H,11-12H2,1H3,(H,22,24)(H,23,27)(H2,25,26,28)/t19-/m0/s1. The number of aryl methyl sites for hydroxylation is 1. The zero-order valence-electron chi connectivity index (χ0n) is 16.8. The topological polar surface area (TPSA) is 133 Å². The molecule has 3 rings (SSSR count). The van der Waals surface area contributed by atoms with Crippen LogP contribution in [-0.2, 0) is 21.2 Å². The number of H-pyrrole nitrogens is 1. The highest BCUT2D eigenvalue weighted by Crippen LogP contribution is 2.14. The van der Waals surface area contributed by atoms with Gasteiger partial charge in [0.1, 0.15) is 6.04 Å². The minimum atomic E-state index is -4.08. The Labute approximate surface area is 180 Å². The highest BCUT2D eigenvalue weighted by atomic mass is 32.2. The number of aromatic amines is 1. The fourth-order valence-corrected chi connectivity index (χ4v) is 3.76. The molecule has 0 spiro atoms. The second kappa shape index (κ2) is 9.90. The van der Waals surface area contributed by atoms with Crippen molar-refractivity contribution in [3.8, 4) is 0 Å². The second-order valence-corrected chi connectivity index (χ2v) is 8.54. The van der Waals surface area contributed by atoms with Crippen molar-refractivity contribution in [2.45, 2.75) is 24.3 Å². The van der Waals surface area contributed by atoms with Gasteiger partial charge in [0.25, 0.3) is 10.0 Å². The van der Waals surface area contributed by atoms with Crippen LogP contribution in [0.3, 0.4) is 0 Å².